The van der Waals surface area contributed by atoms with Crippen molar-refractivity contribution in [3.63, 3.8) is 0 Å². The first kappa shape index (κ1) is 16.3. The Kier molecular flexibility index (Phi) is 5.15. The average Bonchev–Trinajstić information content (AvgIpc) is 2.56. The minimum Gasteiger partial charge on any atom is -0.465 e. The van der Waals surface area contributed by atoms with E-state index >= 15 is 0 Å². The van der Waals surface area contributed by atoms with E-state index in [1.54, 1.807) is 30.3 Å². The van der Waals surface area contributed by atoms with E-state index in [0.717, 1.165) is 11.1 Å². The smallest absolute Gasteiger partial charge is 0.337 e. The average molecular weight is 310 g/mol. The number of carbonyl (C=O) groups is 2. The second kappa shape index (κ2) is 7.26. The first-order valence-corrected chi connectivity index (χ1v) is 7.03. The summed E-state index contributed by atoms with van der Waals surface area (Å²) in [6.45, 7) is 1.92. The molecule has 5 nitrogen and oxygen atoms in total. The maximum atomic E-state index is 11.9. The van der Waals surface area contributed by atoms with Crippen LogP contribution in [0, 0.1) is 6.92 Å². The molecule has 5 heteroatoms. The van der Waals surface area contributed by atoms with Gasteiger partial charge in [-0.15, -0.1) is 0 Å². The summed E-state index contributed by atoms with van der Waals surface area (Å²) in [5.41, 5.74) is 9.38. The van der Waals surface area contributed by atoms with E-state index in [0.29, 0.717) is 16.9 Å². The molecule has 0 fully saturated rings. The third-order valence-corrected chi connectivity index (χ3v) is 3.30. The first-order valence-electron chi connectivity index (χ1n) is 7.03. The van der Waals surface area contributed by atoms with Gasteiger partial charge in [0.25, 0.3) is 0 Å². The molecule has 0 unspecified atom stereocenters. The van der Waals surface area contributed by atoms with Crippen molar-refractivity contribution in [1.82, 2.24) is 0 Å². The molecule has 0 aliphatic carbocycles. The highest BCUT2D eigenvalue weighted by Gasteiger charge is 2.05. The van der Waals surface area contributed by atoms with Crippen molar-refractivity contribution in [2.24, 2.45) is 0 Å². The van der Waals surface area contributed by atoms with Gasteiger partial charge in [0, 0.05) is 17.5 Å². The number of amides is 1. The summed E-state index contributed by atoms with van der Waals surface area (Å²) in [4.78, 5) is 23.2. The lowest BCUT2D eigenvalue weighted by Crippen LogP contribution is -2.08. The summed E-state index contributed by atoms with van der Waals surface area (Å²) in [6, 6.07) is 12.1. The van der Waals surface area contributed by atoms with Gasteiger partial charge < -0.3 is 15.8 Å². The molecule has 118 valence electrons. The number of benzene rings is 2. The van der Waals surface area contributed by atoms with Crippen molar-refractivity contribution in [3.8, 4) is 0 Å². The summed E-state index contributed by atoms with van der Waals surface area (Å²) in [5.74, 6) is -0.685. The summed E-state index contributed by atoms with van der Waals surface area (Å²) in [5, 5.41) is 2.71. The van der Waals surface area contributed by atoms with Gasteiger partial charge in [0.1, 0.15) is 0 Å². The maximum Gasteiger partial charge on any atom is 0.337 e. The van der Waals surface area contributed by atoms with Gasteiger partial charge in [0.05, 0.1) is 12.7 Å². The van der Waals surface area contributed by atoms with E-state index in [4.69, 9.17) is 5.73 Å². The van der Waals surface area contributed by atoms with Crippen LogP contribution in [0.3, 0.4) is 0 Å². The van der Waals surface area contributed by atoms with Crippen molar-refractivity contribution in [2.75, 3.05) is 18.2 Å². The van der Waals surface area contributed by atoms with Crippen LogP contribution in [-0.4, -0.2) is 19.0 Å². The summed E-state index contributed by atoms with van der Waals surface area (Å²) in [7, 11) is 1.32. The molecule has 0 saturated heterocycles. The van der Waals surface area contributed by atoms with Crippen LogP contribution in [-0.2, 0) is 9.53 Å². The van der Waals surface area contributed by atoms with Crippen molar-refractivity contribution in [3.05, 3.63) is 65.2 Å². The molecule has 0 spiro atoms. The van der Waals surface area contributed by atoms with E-state index < -0.39 is 5.97 Å². The Morgan fingerprint density at radius 3 is 2.43 bits per heavy atom. The Morgan fingerprint density at radius 2 is 1.83 bits per heavy atom. The number of methoxy groups -OCH3 is 1. The molecule has 0 atom stereocenters. The van der Waals surface area contributed by atoms with Crippen LogP contribution in [0.25, 0.3) is 6.08 Å². The lowest BCUT2D eigenvalue weighted by atomic mass is 10.1. The highest BCUT2D eigenvalue weighted by Crippen LogP contribution is 2.14. The number of hydrogen-bond donors (Lipinski definition) is 2. The second-order valence-corrected chi connectivity index (χ2v) is 5.01. The van der Waals surface area contributed by atoms with Gasteiger partial charge in [-0.25, -0.2) is 4.79 Å². The number of esters is 1. The molecule has 0 aromatic heterocycles. The summed E-state index contributed by atoms with van der Waals surface area (Å²) < 4.78 is 4.62. The number of rotatable bonds is 4. The quantitative estimate of drug-likeness (QED) is 0.517. The van der Waals surface area contributed by atoms with Gasteiger partial charge in [0.15, 0.2) is 0 Å². The van der Waals surface area contributed by atoms with Gasteiger partial charge in [0.2, 0.25) is 5.91 Å². The largest absolute Gasteiger partial charge is 0.465 e. The number of hydrogen-bond acceptors (Lipinski definition) is 4. The van der Waals surface area contributed by atoms with Crippen LogP contribution in [0.15, 0.2) is 48.5 Å². The normalized spacial score (nSPS) is 10.5. The highest BCUT2D eigenvalue weighted by atomic mass is 16.5. The highest BCUT2D eigenvalue weighted by molar-refractivity contribution is 6.02. The number of nitrogens with one attached hydrogen (secondary N) is 1. The number of carbonyl (C=O) groups excluding carboxylic acids is 2. The molecule has 0 aliphatic rings. The first-order chi connectivity index (χ1) is 11.0. The Bertz CT molecular complexity index is 749. The molecule has 0 radical (unpaired) electrons. The number of ether oxygens (including phenoxy) is 1. The van der Waals surface area contributed by atoms with Crippen LogP contribution in [0.2, 0.25) is 0 Å². The van der Waals surface area contributed by atoms with Crippen LogP contribution < -0.4 is 11.1 Å². The zero-order valence-electron chi connectivity index (χ0n) is 13.0. The number of nitrogen functional groups attached to an aromatic ring is 1. The second-order valence-electron chi connectivity index (χ2n) is 5.01. The molecule has 0 bridgehead atoms. The Hall–Kier alpha value is -3.08. The molecule has 0 heterocycles. The molecule has 0 saturated carbocycles. The molecular formula is C18H18N2O3. The Morgan fingerprint density at radius 1 is 1.13 bits per heavy atom. The lowest BCUT2D eigenvalue weighted by Gasteiger charge is -2.04. The molecule has 23 heavy (non-hydrogen) atoms. The fourth-order valence-corrected chi connectivity index (χ4v) is 1.93. The van der Waals surface area contributed by atoms with E-state index in [9.17, 15) is 9.59 Å². The van der Waals surface area contributed by atoms with Crippen LogP contribution >= 0.6 is 0 Å². The number of aryl methyl sites for hydroxylation is 1. The molecule has 3 N–H and O–H groups in total. The standard InChI is InChI=1S/C18H18N2O3/c1-12-3-4-13(11-16(12)19)5-10-17(21)20-15-8-6-14(7-9-15)18(22)23-2/h3-11H,19H2,1-2H3,(H,20,21)/b10-5+. The van der Waals surface area contributed by atoms with Crippen molar-refractivity contribution < 1.29 is 14.3 Å². The molecule has 2 rings (SSSR count). The monoisotopic (exact) mass is 310 g/mol. The molecule has 2 aromatic rings. The number of nitrogens with two attached hydrogens (primary N) is 1. The van der Waals surface area contributed by atoms with Crippen LogP contribution in [0.4, 0.5) is 11.4 Å². The SMILES string of the molecule is COC(=O)c1ccc(NC(=O)/C=C/c2ccc(C)c(N)c2)cc1. The molecule has 2 aromatic carbocycles. The van der Waals surface area contributed by atoms with Crippen molar-refractivity contribution >= 4 is 29.3 Å². The van der Waals surface area contributed by atoms with E-state index in [2.05, 4.69) is 10.1 Å². The predicted molar refractivity (Wildman–Crippen MR) is 91.0 cm³/mol. The minimum atomic E-state index is -0.417. The van der Waals surface area contributed by atoms with Crippen LogP contribution in [0.5, 0.6) is 0 Å². The third-order valence-electron chi connectivity index (χ3n) is 3.30. The number of anilines is 2. The van der Waals surface area contributed by atoms with E-state index in [1.807, 2.05) is 25.1 Å². The van der Waals surface area contributed by atoms with Gasteiger partial charge in [-0.05, 0) is 54.5 Å². The summed E-state index contributed by atoms with van der Waals surface area (Å²) in [6.07, 6.45) is 3.12. The van der Waals surface area contributed by atoms with E-state index in [1.165, 1.54) is 13.2 Å². The minimum absolute atomic E-state index is 0.269. The van der Waals surface area contributed by atoms with Gasteiger partial charge in [-0.1, -0.05) is 12.1 Å². The molecular weight excluding hydrogens is 292 g/mol. The van der Waals surface area contributed by atoms with Crippen molar-refractivity contribution in [1.29, 1.82) is 0 Å². The lowest BCUT2D eigenvalue weighted by molar-refractivity contribution is -0.111. The third kappa shape index (κ3) is 4.44. The Balaban J connectivity index is 2.00. The zero-order chi connectivity index (χ0) is 16.8. The van der Waals surface area contributed by atoms with Crippen molar-refractivity contribution in [2.45, 2.75) is 6.92 Å². The van der Waals surface area contributed by atoms with Gasteiger partial charge in [-0.3, -0.25) is 4.79 Å². The molecule has 1 amide bonds. The van der Waals surface area contributed by atoms with E-state index in [-0.39, 0.29) is 5.91 Å². The van der Waals surface area contributed by atoms with Crippen LogP contribution in [0.1, 0.15) is 21.5 Å². The maximum absolute atomic E-state index is 11.9. The topological polar surface area (TPSA) is 81.4 Å². The fourth-order valence-electron chi connectivity index (χ4n) is 1.93. The zero-order valence-corrected chi connectivity index (χ0v) is 13.0. The fraction of sp³-hybridized carbons (Fsp3) is 0.111. The Labute approximate surface area is 134 Å². The predicted octanol–water partition coefficient (Wildman–Crippen LogP) is 3.02. The molecule has 0 aliphatic heterocycles. The summed E-state index contributed by atoms with van der Waals surface area (Å²) >= 11 is 0. The van der Waals surface area contributed by atoms with Gasteiger partial charge in [-0.2, -0.15) is 0 Å². The van der Waals surface area contributed by atoms with Gasteiger partial charge >= 0.3 is 5.97 Å².